The maximum absolute atomic E-state index is 12.5. The lowest BCUT2D eigenvalue weighted by Crippen LogP contribution is -2.15. The van der Waals surface area contributed by atoms with Gasteiger partial charge in [0, 0.05) is 23.1 Å². The summed E-state index contributed by atoms with van der Waals surface area (Å²) in [7, 11) is 1.58. The summed E-state index contributed by atoms with van der Waals surface area (Å²) in [5, 5.41) is 0.829. The minimum Gasteiger partial charge on any atom is -0.497 e. The topological polar surface area (TPSA) is 83.0 Å². The third-order valence-electron chi connectivity index (χ3n) is 4.83. The molecule has 0 N–H and O–H groups in total. The number of furan rings is 1. The average Bonchev–Trinajstić information content (AvgIpc) is 3.33. The Morgan fingerprint density at radius 2 is 2.07 bits per heavy atom. The molecule has 5 rings (SSSR count). The molecular formula is C22H16N2O5S. The maximum Gasteiger partial charge on any atom is 0.310 e. The molecule has 0 spiro atoms. The Labute approximate surface area is 174 Å². The van der Waals surface area contributed by atoms with Gasteiger partial charge in [-0.1, -0.05) is 23.5 Å². The summed E-state index contributed by atoms with van der Waals surface area (Å²) in [5.41, 5.74) is 2.41. The highest BCUT2D eigenvalue weighted by molar-refractivity contribution is 7.23. The van der Waals surface area contributed by atoms with Gasteiger partial charge >= 0.3 is 5.97 Å². The van der Waals surface area contributed by atoms with Gasteiger partial charge in [-0.3, -0.25) is 14.0 Å². The first kappa shape index (κ1) is 18.4. The van der Waals surface area contributed by atoms with Gasteiger partial charge in [0.2, 0.25) is 0 Å². The number of ether oxygens (including phenoxy) is 2. The predicted molar refractivity (Wildman–Crippen MR) is 113 cm³/mol. The molecule has 0 aliphatic rings. The summed E-state index contributed by atoms with van der Waals surface area (Å²) >= 11 is 1.42. The fourth-order valence-electron chi connectivity index (χ4n) is 3.39. The highest BCUT2D eigenvalue weighted by Gasteiger charge is 2.14. The van der Waals surface area contributed by atoms with Crippen LogP contribution in [0.5, 0.6) is 5.75 Å². The summed E-state index contributed by atoms with van der Waals surface area (Å²) in [6, 6.07) is 14.4. The monoisotopic (exact) mass is 420 g/mol. The van der Waals surface area contributed by atoms with Crippen LogP contribution in [0, 0.1) is 0 Å². The molecule has 2 aromatic carbocycles. The molecule has 0 unspecified atom stereocenters. The van der Waals surface area contributed by atoms with E-state index in [2.05, 4.69) is 4.98 Å². The lowest BCUT2D eigenvalue weighted by molar-refractivity contribution is -0.144. The SMILES string of the molecule is COc1ccc2c(CC(=O)OCc3cc(=O)n4c(n3)sc3ccccc34)coc2c1. The molecule has 3 heterocycles. The molecule has 0 atom stereocenters. The van der Waals surface area contributed by atoms with Crippen molar-refractivity contribution in [3.63, 3.8) is 0 Å². The van der Waals surface area contributed by atoms with Crippen molar-refractivity contribution in [2.45, 2.75) is 13.0 Å². The minimum absolute atomic E-state index is 0.0590. The minimum atomic E-state index is -0.424. The van der Waals surface area contributed by atoms with Gasteiger partial charge in [-0.05, 0) is 24.3 Å². The molecule has 0 saturated carbocycles. The number of thiazole rings is 1. The van der Waals surface area contributed by atoms with Gasteiger partial charge < -0.3 is 13.9 Å². The summed E-state index contributed by atoms with van der Waals surface area (Å²) in [5.74, 6) is 0.256. The second kappa shape index (κ2) is 7.31. The Hall–Kier alpha value is -3.65. The highest BCUT2D eigenvalue weighted by atomic mass is 32.1. The van der Waals surface area contributed by atoms with Crippen molar-refractivity contribution in [1.82, 2.24) is 9.38 Å². The standard InChI is InChI=1S/C22H16N2O5S/c1-27-15-6-7-16-13(11-28-18(16)10-15)8-21(26)29-12-14-9-20(25)24-17-4-2-3-5-19(17)30-22(24)23-14/h2-7,9-11H,8,12H2,1H3. The van der Waals surface area contributed by atoms with Crippen LogP contribution in [-0.4, -0.2) is 22.5 Å². The Kier molecular flexibility index (Phi) is 4.48. The molecule has 8 heteroatoms. The number of aromatic nitrogens is 2. The van der Waals surface area contributed by atoms with E-state index >= 15 is 0 Å². The fraction of sp³-hybridized carbons (Fsp3) is 0.136. The summed E-state index contributed by atoms with van der Waals surface area (Å²) in [6.45, 7) is -0.0670. The maximum atomic E-state index is 12.5. The smallest absolute Gasteiger partial charge is 0.310 e. The molecule has 0 bridgehead atoms. The molecule has 150 valence electrons. The van der Waals surface area contributed by atoms with Gasteiger partial charge in [0.1, 0.15) is 17.9 Å². The van der Waals surface area contributed by atoms with Crippen LogP contribution in [0.15, 0.2) is 64.0 Å². The lowest BCUT2D eigenvalue weighted by atomic mass is 10.1. The van der Waals surface area contributed by atoms with Crippen molar-refractivity contribution in [3.8, 4) is 5.75 Å². The third-order valence-corrected chi connectivity index (χ3v) is 5.85. The average molecular weight is 420 g/mol. The number of hydrogen-bond donors (Lipinski definition) is 0. The lowest BCUT2D eigenvalue weighted by Gasteiger charge is -2.04. The van der Waals surface area contributed by atoms with E-state index in [0.29, 0.717) is 22.0 Å². The first-order chi connectivity index (χ1) is 14.6. The number of carbonyl (C=O) groups excluding carboxylic acids is 1. The van der Waals surface area contributed by atoms with Crippen molar-refractivity contribution in [2.75, 3.05) is 7.11 Å². The van der Waals surface area contributed by atoms with Crippen molar-refractivity contribution >= 4 is 43.5 Å². The van der Waals surface area contributed by atoms with Crippen LogP contribution in [0.4, 0.5) is 0 Å². The molecule has 0 radical (unpaired) electrons. The molecule has 30 heavy (non-hydrogen) atoms. The van der Waals surface area contributed by atoms with Crippen molar-refractivity contribution in [2.24, 2.45) is 0 Å². The van der Waals surface area contributed by atoms with Gasteiger partial charge in [-0.2, -0.15) is 0 Å². The Morgan fingerprint density at radius 1 is 1.20 bits per heavy atom. The van der Waals surface area contributed by atoms with E-state index in [9.17, 15) is 9.59 Å². The van der Waals surface area contributed by atoms with Crippen LogP contribution in [0.2, 0.25) is 0 Å². The molecule has 7 nitrogen and oxygen atoms in total. The van der Waals surface area contributed by atoms with Gasteiger partial charge in [0.15, 0.2) is 4.96 Å². The van der Waals surface area contributed by atoms with Crippen LogP contribution in [-0.2, 0) is 22.6 Å². The Morgan fingerprint density at radius 3 is 2.93 bits per heavy atom. The van der Waals surface area contributed by atoms with Gasteiger partial charge in [-0.15, -0.1) is 0 Å². The van der Waals surface area contributed by atoms with E-state index in [-0.39, 0.29) is 18.6 Å². The largest absolute Gasteiger partial charge is 0.497 e. The molecule has 0 aliphatic heterocycles. The van der Waals surface area contributed by atoms with Crippen LogP contribution in [0.3, 0.4) is 0 Å². The van der Waals surface area contributed by atoms with Crippen LogP contribution in [0.1, 0.15) is 11.3 Å². The zero-order chi connectivity index (χ0) is 20.7. The molecule has 0 saturated heterocycles. The molecule has 0 fully saturated rings. The van der Waals surface area contributed by atoms with E-state index in [0.717, 1.165) is 21.2 Å². The van der Waals surface area contributed by atoms with Gasteiger partial charge in [-0.25, -0.2) is 4.98 Å². The van der Waals surface area contributed by atoms with Gasteiger partial charge in [0.25, 0.3) is 5.56 Å². The zero-order valence-electron chi connectivity index (χ0n) is 16.0. The van der Waals surface area contributed by atoms with Crippen LogP contribution in [0.25, 0.3) is 26.1 Å². The van der Waals surface area contributed by atoms with Gasteiger partial charge in [0.05, 0.1) is 35.7 Å². The highest BCUT2D eigenvalue weighted by Crippen LogP contribution is 2.26. The number of nitrogens with zero attached hydrogens (tertiary/aromatic N) is 2. The Balaban J connectivity index is 1.33. The Bertz CT molecular complexity index is 1460. The number of methoxy groups -OCH3 is 1. The van der Waals surface area contributed by atoms with E-state index in [1.807, 2.05) is 36.4 Å². The molecule has 0 aliphatic carbocycles. The normalized spacial score (nSPS) is 11.4. The molecule has 5 aromatic rings. The number of esters is 1. The third kappa shape index (κ3) is 3.21. The summed E-state index contributed by atoms with van der Waals surface area (Å²) in [4.78, 5) is 29.9. The number of rotatable bonds is 5. The first-order valence-electron chi connectivity index (χ1n) is 9.22. The second-order valence-corrected chi connectivity index (χ2v) is 7.74. The number of fused-ring (bicyclic) bond motifs is 4. The molecule has 0 amide bonds. The second-order valence-electron chi connectivity index (χ2n) is 6.73. The van der Waals surface area contributed by atoms with Crippen molar-refractivity contribution < 1.29 is 18.7 Å². The van der Waals surface area contributed by atoms with Crippen molar-refractivity contribution in [1.29, 1.82) is 0 Å². The van der Waals surface area contributed by atoms with E-state index in [4.69, 9.17) is 13.9 Å². The van der Waals surface area contributed by atoms with E-state index in [1.165, 1.54) is 17.4 Å². The predicted octanol–water partition coefficient (Wildman–Crippen LogP) is 3.95. The number of hydrogen-bond acceptors (Lipinski definition) is 7. The quantitative estimate of drug-likeness (QED) is 0.401. The number of carbonyl (C=O) groups is 1. The van der Waals surface area contributed by atoms with Crippen LogP contribution < -0.4 is 10.3 Å². The first-order valence-corrected chi connectivity index (χ1v) is 10.0. The van der Waals surface area contributed by atoms with E-state index < -0.39 is 5.97 Å². The molecular weight excluding hydrogens is 404 g/mol. The van der Waals surface area contributed by atoms with Crippen molar-refractivity contribution in [3.05, 3.63) is 76.4 Å². The summed E-state index contributed by atoms with van der Waals surface area (Å²) < 4.78 is 18.6. The zero-order valence-corrected chi connectivity index (χ0v) is 16.8. The summed E-state index contributed by atoms with van der Waals surface area (Å²) in [6.07, 6.45) is 1.60. The number of para-hydroxylation sites is 1. The fourth-order valence-corrected chi connectivity index (χ4v) is 4.44. The van der Waals surface area contributed by atoms with E-state index in [1.54, 1.807) is 23.8 Å². The van der Waals surface area contributed by atoms with Crippen LogP contribution >= 0.6 is 11.3 Å². The molecule has 3 aromatic heterocycles. The number of benzene rings is 2.